The summed E-state index contributed by atoms with van der Waals surface area (Å²) in [7, 11) is 0. The first-order valence-electron chi connectivity index (χ1n) is 12.3. The van der Waals surface area contributed by atoms with Crippen LogP contribution in [0.1, 0.15) is 16.4 Å². The summed E-state index contributed by atoms with van der Waals surface area (Å²) >= 11 is 2.03. The van der Waals surface area contributed by atoms with Crippen LogP contribution in [0.2, 0.25) is 0 Å². The number of imide groups is 1. The smallest absolute Gasteiger partial charge is 0.323 e. The summed E-state index contributed by atoms with van der Waals surface area (Å²) < 4.78 is 5.76. The van der Waals surface area contributed by atoms with Crippen LogP contribution < -0.4 is 14.9 Å². The van der Waals surface area contributed by atoms with Crippen molar-refractivity contribution in [1.82, 2.24) is 9.88 Å². The van der Waals surface area contributed by atoms with Gasteiger partial charge >= 0.3 is 10.8 Å². The summed E-state index contributed by atoms with van der Waals surface area (Å²) in [6.45, 7) is -0.993. The Balaban J connectivity index is 1.23. The van der Waals surface area contributed by atoms with Crippen LogP contribution in [-0.4, -0.2) is 57.1 Å². The van der Waals surface area contributed by atoms with Crippen molar-refractivity contribution in [1.29, 1.82) is 0 Å². The van der Waals surface area contributed by atoms with Gasteiger partial charge in [0.1, 0.15) is 17.5 Å². The summed E-state index contributed by atoms with van der Waals surface area (Å²) in [5, 5.41) is 13.7. The van der Waals surface area contributed by atoms with Gasteiger partial charge in [-0.3, -0.25) is 28.9 Å². The highest BCUT2D eigenvalue weighted by molar-refractivity contribution is 8.00. The number of benzene rings is 3. The molecule has 12 heteroatoms. The number of ether oxygens (including phenoxy) is 1. The molecule has 0 spiro atoms. The predicted molar refractivity (Wildman–Crippen MR) is 149 cm³/mol. The molecule has 202 valence electrons. The summed E-state index contributed by atoms with van der Waals surface area (Å²) in [4.78, 5) is 66.2. The van der Waals surface area contributed by atoms with Gasteiger partial charge in [-0.25, -0.2) is 0 Å². The molecular formula is C28H21N3O7S2. The van der Waals surface area contributed by atoms with E-state index in [-0.39, 0.29) is 17.4 Å². The Labute approximate surface area is 235 Å². The molecule has 2 unspecified atom stereocenters. The van der Waals surface area contributed by atoms with Gasteiger partial charge in [0.15, 0.2) is 6.61 Å². The third-order valence-corrected chi connectivity index (χ3v) is 9.23. The number of nitrogens with zero attached hydrogens (tertiary/aromatic N) is 1. The number of thioether (sulfide) groups is 1. The number of fused-ring (bicyclic) bond motifs is 3. The second-order valence-corrected chi connectivity index (χ2v) is 11.5. The Morgan fingerprint density at radius 2 is 1.77 bits per heavy atom. The van der Waals surface area contributed by atoms with Gasteiger partial charge in [0.25, 0.3) is 5.91 Å². The SMILES string of the molecule is O=C(O)CN1C(=O)C2Sc3[nH]c(=O)sc3[C@H](c3cccc(OCC(=O)Nc4ccc5ccccc5c4)c3)C2C1=O. The lowest BCUT2D eigenvalue weighted by Crippen LogP contribution is -2.36. The Kier molecular flexibility index (Phi) is 6.64. The van der Waals surface area contributed by atoms with Crippen molar-refractivity contribution in [3.05, 3.63) is 86.8 Å². The number of H-pyrrole nitrogens is 1. The first kappa shape index (κ1) is 25.8. The van der Waals surface area contributed by atoms with E-state index in [4.69, 9.17) is 4.74 Å². The number of aromatic amines is 1. The number of likely N-dealkylation sites (tertiary alicyclic amines) is 1. The van der Waals surface area contributed by atoms with E-state index < -0.39 is 41.4 Å². The van der Waals surface area contributed by atoms with Crippen LogP contribution >= 0.6 is 23.1 Å². The molecule has 1 fully saturated rings. The number of hydrogen-bond acceptors (Lipinski definition) is 8. The summed E-state index contributed by atoms with van der Waals surface area (Å²) in [6.07, 6.45) is 0. The normalized spacial score (nSPS) is 19.8. The van der Waals surface area contributed by atoms with Gasteiger partial charge in [-0.05, 0) is 40.6 Å². The molecule has 3 N–H and O–H groups in total. The molecule has 1 aromatic heterocycles. The second kappa shape index (κ2) is 10.3. The monoisotopic (exact) mass is 575 g/mol. The highest BCUT2D eigenvalue weighted by Crippen LogP contribution is 2.52. The maximum absolute atomic E-state index is 13.3. The van der Waals surface area contributed by atoms with Crippen molar-refractivity contribution in [2.24, 2.45) is 5.92 Å². The Morgan fingerprint density at radius 1 is 0.975 bits per heavy atom. The number of thiazole rings is 1. The lowest BCUT2D eigenvalue weighted by Gasteiger charge is -2.30. The van der Waals surface area contributed by atoms with Gasteiger partial charge in [0.2, 0.25) is 11.8 Å². The second-order valence-electron chi connectivity index (χ2n) is 9.38. The molecule has 0 aliphatic carbocycles. The Hall–Kier alpha value is -4.42. The molecule has 10 nitrogen and oxygen atoms in total. The fourth-order valence-corrected chi connectivity index (χ4v) is 7.67. The van der Waals surface area contributed by atoms with Crippen LogP contribution in [0.15, 0.2) is 76.6 Å². The molecule has 6 rings (SSSR count). The van der Waals surface area contributed by atoms with Crippen LogP contribution in [-0.2, 0) is 19.2 Å². The van der Waals surface area contributed by atoms with E-state index in [0.717, 1.165) is 38.8 Å². The molecule has 0 bridgehead atoms. The van der Waals surface area contributed by atoms with Gasteiger partial charge < -0.3 is 20.1 Å². The minimum Gasteiger partial charge on any atom is -0.484 e. The fourth-order valence-electron chi connectivity index (χ4n) is 5.14. The number of carboxylic acids is 1. The average Bonchev–Trinajstić information content (AvgIpc) is 3.42. The number of carbonyl (C=O) groups is 4. The van der Waals surface area contributed by atoms with Crippen molar-refractivity contribution in [2.45, 2.75) is 16.2 Å². The third-order valence-electron chi connectivity index (χ3n) is 6.83. The van der Waals surface area contributed by atoms with Gasteiger partial charge in [0.05, 0.1) is 10.9 Å². The highest BCUT2D eigenvalue weighted by Gasteiger charge is 2.56. The fraction of sp³-hybridized carbons (Fsp3) is 0.179. The molecule has 4 aromatic rings. The van der Waals surface area contributed by atoms with Gasteiger partial charge in [-0.15, -0.1) is 0 Å². The first-order chi connectivity index (χ1) is 19.3. The molecule has 2 aliphatic rings. The van der Waals surface area contributed by atoms with E-state index in [1.165, 1.54) is 0 Å². The third kappa shape index (κ3) is 4.75. The van der Waals surface area contributed by atoms with E-state index in [1.54, 1.807) is 24.3 Å². The summed E-state index contributed by atoms with van der Waals surface area (Å²) in [5.41, 5.74) is 1.24. The van der Waals surface area contributed by atoms with E-state index in [0.29, 0.717) is 26.9 Å². The van der Waals surface area contributed by atoms with Crippen molar-refractivity contribution >= 4 is 63.2 Å². The molecule has 3 aromatic carbocycles. The minimum atomic E-state index is -1.29. The van der Waals surface area contributed by atoms with Crippen LogP contribution in [0.5, 0.6) is 5.75 Å². The molecule has 2 aliphatic heterocycles. The van der Waals surface area contributed by atoms with E-state index in [1.807, 2.05) is 42.5 Å². The number of carbonyl (C=O) groups excluding carboxylic acids is 3. The van der Waals surface area contributed by atoms with Crippen molar-refractivity contribution < 1.29 is 29.0 Å². The number of carboxylic acid groups (broad SMARTS) is 1. The maximum atomic E-state index is 13.3. The number of aromatic nitrogens is 1. The number of amides is 3. The van der Waals surface area contributed by atoms with Gasteiger partial charge in [-0.2, -0.15) is 0 Å². The lowest BCUT2D eigenvalue weighted by atomic mass is 9.83. The van der Waals surface area contributed by atoms with E-state index in [2.05, 4.69) is 10.3 Å². The number of rotatable bonds is 7. The van der Waals surface area contributed by atoms with Crippen LogP contribution in [0.3, 0.4) is 0 Å². The Bertz CT molecular complexity index is 1750. The zero-order valence-corrected chi connectivity index (χ0v) is 22.3. The minimum absolute atomic E-state index is 0.268. The number of anilines is 1. The average molecular weight is 576 g/mol. The molecule has 0 saturated carbocycles. The lowest BCUT2D eigenvalue weighted by molar-refractivity contribution is -0.149. The predicted octanol–water partition coefficient (Wildman–Crippen LogP) is 3.28. The molecule has 3 atom stereocenters. The topological polar surface area (TPSA) is 146 Å². The van der Waals surface area contributed by atoms with Crippen LogP contribution in [0, 0.1) is 5.92 Å². The highest BCUT2D eigenvalue weighted by atomic mass is 32.2. The molecular weight excluding hydrogens is 554 g/mol. The molecule has 0 radical (unpaired) electrons. The molecule has 3 amide bonds. The largest absolute Gasteiger partial charge is 0.484 e. The van der Waals surface area contributed by atoms with Crippen molar-refractivity contribution in [3.8, 4) is 5.75 Å². The molecule has 40 heavy (non-hydrogen) atoms. The molecule has 1 saturated heterocycles. The van der Waals surface area contributed by atoms with Gasteiger partial charge in [-0.1, -0.05) is 65.6 Å². The zero-order valence-electron chi connectivity index (χ0n) is 20.7. The number of aliphatic carboxylic acids is 1. The van der Waals surface area contributed by atoms with Crippen molar-refractivity contribution in [2.75, 3.05) is 18.5 Å². The van der Waals surface area contributed by atoms with Crippen molar-refractivity contribution in [3.63, 3.8) is 0 Å². The Morgan fingerprint density at radius 3 is 2.58 bits per heavy atom. The van der Waals surface area contributed by atoms with Gasteiger partial charge in [0, 0.05) is 16.5 Å². The standard InChI is InChI=1S/C28H21N3O7S2/c32-19(29-17-9-8-14-4-1-2-5-15(14)10-17)13-38-18-7-3-6-16(11-18)21-22-24(39-25-23(21)40-28(37)30-25)27(36)31(26(22)35)12-20(33)34/h1-11,21-22,24H,12-13H2,(H,29,32)(H,30,37)(H,33,34)/t21-,22?,24?/m1/s1. The number of nitrogens with one attached hydrogen (secondary N) is 2. The number of hydrogen-bond donors (Lipinski definition) is 3. The van der Waals surface area contributed by atoms with E-state index >= 15 is 0 Å². The zero-order chi connectivity index (χ0) is 28.0. The van der Waals surface area contributed by atoms with Crippen LogP contribution in [0.4, 0.5) is 5.69 Å². The quantitative estimate of drug-likeness (QED) is 0.285. The van der Waals surface area contributed by atoms with E-state index in [9.17, 15) is 29.1 Å². The summed E-state index contributed by atoms with van der Waals surface area (Å²) in [6, 6.07) is 20.2. The first-order valence-corrected chi connectivity index (χ1v) is 14.0. The maximum Gasteiger partial charge on any atom is 0.323 e. The summed E-state index contributed by atoms with van der Waals surface area (Å²) in [5.74, 6) is -4.03. The van der Waals surface area contributed by atoms with Crippen LogP contribution in [0.25, 0.3) is 10.8 Å². The molecule has 3 heterocycles.